The van der Waals surface area contributed by atoms with E-state index in [-0.39, 0.29) is 17.8 Å². The monoisotopic (exact) mass is 272 g/mol. The molecule has 0 aliphatic heterocycles. The summed E-state index contributed by atoms with van der Waals surface area (Å²) in [7, 11) is 0. The number of carbonyl (C=O) groups is 1. The molecular formula is C12H5BrN2O. The third kappa shape index (κ3) is 1.44. The minimum atomic E-state index is -0.0551. The van der Waals surface area contributed by atoms with E-state index in [1.807, 2.05) is 12.1 Å². The second-order valence-corrected chi connectivity index (χ2v) is 4.19. The number of fused-ring (bicyclic) bond motifs is 1. The quantitative estimate of drug-likeness (QED) is 0.682. The van der Waals surface area contributed by atoms with Crippen LogP contribution in [0.25, 0.3) is 5.57 Å². The van der Waals surface area contributed by atoms with Crippen molar-refractivity contribution in [2.24, 2.45) is 0 Å². The third-order valence-corrected chi connectivity index (χ3v) is 3.14. The smallest absolute Gasteiger partial charge is 0.169 e. The van der Waals surface area contributed by atoms with Gasteiger partial charge in [0.2, 0.25) is 0 Å². The molecule has 1 aromatic rings. The molecule has 0 amide bonds. The molecule has 0 saturated carbocycles. The van der Waals surface area contributed by atoms with E-state index in [2.05, 4.69) is 15.9 Å². The van der Waals surface area contributed by atoms with Gasteiger partial charge in [-0.1, -0.05) is 28.1 Å². The lowest BCUT2D eigenvalue weighted by Gasteiger charge is -2.00. The minimum Gasteiger partial charge on any atom is -0.294 e. The lowest BCUT2D eigenvalue weighted by molar-refractivity contribution is 0.100. The van der Waals surface area contributed by atoms with Crippen molar-refractivity contribution in [3.8, 4) is 12.1 Å². The summed E-state index contributed by atoms with van der Waals surface area (Å²) in [5.41, 5.74) is 1.81. The van der Waals surface area contributed by atoms with Crippen molar-refractivity contribution in [1.82, 2.24) is 0 Å². The molecule has 0 heterocycles. The minimum absolute atomic E-state index is 0.0187. The number of Topliss-reactive ketones (excluding diaryl/α,β-unsaturated/α-hetero) is 1. The zero-order valence-electron chi connectivity index (χ0n) is 8.12. The number of nitrogens with zero attached hydrogens (tertiary/aromatic N) is 2. The lowest BCUT2D eigenvalue weighted by Crippen LogP contribution is -1.91. The second kappa shape index (κ2) is 3.92. The van der Waals surface area contributed by atoms with E-state index in [4.69, 9.17) is 10.5 Å². The second-order valence-electron chi connectivity index (χ2n) is 3.34. The van der Waals surface area contributed by atoms with Crippen molar-refractivity contribution in [2.45, 2.75) is 6.42 Å². The van der Waals surface area contributed by atoms with Crippen LogP contribution in [0.3, 0.4) is 0 Å². The molecule has 0 aromatic heterocycles. The molecule has 0 fully saturated rings. The fraction of sp³-hybridized carbons (Fsp3) is 0.0833. The summed E-state index contributed by atoms with van der Waals surface area (Å²) in [5.74, 6) is -0.0551. The highest BCUT2D eigenvalue weighted by Crippen LogP contribution is 2.37. The van der Waals surface area contributed by atoms with Crippen LogP contribution in [0.5, 0.6) is 0 Å². The van der Waals surface area contributed by atoms with Gasteiger partial charge in [-0.3, -0.25) is 4.79 Å². The normalized spacial score (nSPS) is 12.9. The van der Waals surface area contributed by atoms with Crippen LogP contribution >= 0.6 is 15.9 Å². The summed E-state index contributed by atoms with van der Waals surface area (Å²) < 4.78 is 0.709. The van der Waals surface area contributed by atoms with Crippen LogP contribution < -0.4 is 0 Å². The van der Waals surface area contributed by atoms with Crippen LogP contribution in [0, 0.1) is 22.7 Å². The van der Waals surface area contributed by atoms with E-state index in [1.165, 1.54) is 0 Å². The Labute approximate surface area is 101 Å². The van der Waals surface area contributed by atoms with Gasteiger partial charge in [0.25, 0.3) is 0 Å². The average molecular weight is 273 g/mol. The SMILES string of the molecule is N#CC(C#N)=C1CC(=O)c2c(Br)cccc21. The molecule has 1 aliphatic carbocycles. The number of ketones is 1. The number of benzene rings is 1. The predicted molar refractivity (Wildman–Crippen MR) is 61.2 cm³/mol. The first kappa shape index (κ1) is 10.6. The molecule has 0 spiro atoms. The zero-order valence-corrected chi connectivity index (χ0v) is 9.71. The fourth-order valence-corrected chi connectivity index (χ4v) is 2.37. The van der Waals surface area contributed by atoms with Crippen molar-refractivity contribution in [3.63, 3.8) is 0 Å². The highest BCUT2D eigenvalue weighted by Gasteiger charge is 2.28. The number of carbonyl (C=O) groups excluding carboxylic acids is 1. The van der Waals surface area contributed by atoms with Gasteiger partial charge < -0.3 is 0 Å². The highest BCUT2D eigenvalue weighted by molar-refractivity contribution is 9.10. The summed E-state index contributed by atoms with van der Waals surface area (Å²) >= 11 is 3.30. The highest BCUT2D eigenvalue weighted by atomic mass is 79.9. The largest absolute Gasteiger partial charge is 0.294 e. The number of rotatable bonds is 0. The van der Waals surface area contributed by atoms with Gasteiger partial charge in [-0.15, -0.1) is 0 Å². The number of halogens is 1. The van der Waals surface area contributed by atoms with Crippen molar-refractivity contribution in [3.05, 3.63) is 39.4 Å². The van der Waals surface area contributed by atoms with Gasteiger partial charge in [-0.2, -0.15) is 10.5 Å². The topological polar surface area (TPSA) is 64.7 Å². The molecule has 4 heteroatoms. The Hall–Kier alpha value is -1.91. The molecule has 3 nitrogen and oxygen atoms in total. The lowest BCUT2D eigenvalue weighted by atomic mass is 10.0. The summed E-state index contributed by atoms with van der Waals surface area (Å²) in [4.78, 5) is 11.8. The maximum Gasteiger partial charge on any atom is 0.169 e. The molecule has 2 rings (SSSR count). The molecule has 0 radical (unpaired) electrons. The summed E-state index contributed by atoms with van der Waals surface area (Å²) in [6.45, 7) is 0. The Morgan fingerprint density at radius 1 is 1.31 bits per heavy atom. The Balaban J connectivity index is 2.77. The van der Waals surface area contributed by atoms with E-state index in [9.17, 15) is 4.79 Å². The van der Waals surface area contributed by atoms with Crippen molar-refractivity contribution >= 4 is 27.3 Å². The van der Waals surface area contributed by atoms with Crippen molar-refractivity contribution in [1.29, 1.82) is 10.5 Å². The summed E-state index contributed by atoms with van der Waals surface area (Å²) in [6, 6.07) is 8.97. The number of hydrogen-bond donors (Lipinski definition) is 0. The first-order chi connectivity index (χ1) is 7.69. The van der Waals surface area contributed by atoms with Gasteiger partial charge in [-0.05, 0) is 17.2 Å². The molecule has 1 aromatic carbocycles. The number of allylic oxidation sites excluding steroid dienone is 2. The predicted octanol–water partition coefficient (Wildman–Crippen LogP) is 2.84. The Bertz CT molecular complexity index is 586. The molecule has 0 atom stereocenters. The van der Waals surface area contributed by atoms with E-state index in [0.717, 1.165) is 0 Å². The molecule has 76 valence electrons. The average Bonchev–Trinajstić information content (AvgIpc) is 2.60. The van der Waals surface area contributed by atoms with Gasteiger partial charge in [0, 0.05) is 16.5 Å². The maximum absolute atomic E-state index is 11.8. The van der Waals surface area contributed by atoms with E-state index >= 15 is 0 Å². The molecule has 16 heavy (non-hydrogen) atoms. The zero-order chi connectivity index (χ0) is 11.7. The van der Waals surface area contributed by atoms with Crippen molar-refractivity contribution < 1.29 is 4.79 Å². The molecule has 1 aliphatic rings. The molecule has 0 bridgehead atoms. The third-order valence-electron chi connectivity index (χ3n) is 2.48. The van der Waals surface area contributed by atoms with Gasteiger partial charge in [-0.25, -0.2) is 0 Å². The molecule has 0 saturated heterocycles. The molecule has 0 N–H and O–H groups in total. The van der Waals surface area contributed by atoms with Crippen LogP contribution in [0.15, 0.2) is 28.2 Å². The Kier molecular flexibility index (Phi) is 2.60. The van der Waals surface area contributed by atoms with Gasteiger partial charge in [0.1, 0.15) is 17.7 Å². The Morgan fingerprint density at radius 2 is 2.00 bits per heavy atom. The molecular weight excluding hydrogens is 268 g/mol. The maximum atomic E-state index is 11.8. The van der Waals surface area contributed by atoms with Gasteiger partial charge in [0.15, 0.2) is 5.78 Å². The first-order valence-electron chi connectivity index (χ1n) is 4.54. The van der Waals surface area contributed by atoms with Gasteiger partial charge >= 0.3 is 0 Å². The molecule has 0 unspecified atom stereocenters. The first-order valence-corrected chi connectivity index (χ1v) is 5.33. The van der Waals surface area contributed by atoms with E-state index < -0.39 is 0 Å². The number of hydrogen-bond acceptors (Lipinski definition) is 3. The van der Waals surface area contributed by atoms with Crippen LogP contribution in [0.2, 0.25) is 0 Å². The summed E-state index contributed by atoms with van der Waals surface area (Å²) in [5, 5.41) is 17.6. The fourth-order valence-electron chi connectivity index (χ4n) is 1.79. The standard InChI is InChI=1S/C12H5BrN2O/c13-10-3-1-2-8-9(7(5-14)6-15)4-11(16)12(8)10/h1-3H,4H2. The van der Waals surface area contributed by atoms with E-state index in [1.54, 1.807) is 18.2 Å². The van der Waals surface area contributed by atoms with Crippen LogP contribution in [0.1, 0.15) is 22.3 Å². The van der Waals surface area contributed by atoms with Crippen LogP contribution in [-0.2, 0) is 0 Å². The van der Waals surface area contributed by atoms with Crippen LogP contribution in [0.4, 0.5) is 0 Å². The van der Waals surface area contributed by atoms with Gasteiger partial charge in [0.05, 0.1) is 0 Å². The van der Waals surface area contributed by atoms with Crippen molar-refractivity contribution in [2.75, 3.05) is 0 Å². The Morgan fingerprint density at radius 3 is 2.62 bits per heavy atom. The number of nitriles is 2. The summed E-state index contributed by atoms with van der Waals surface area (Å²) in [6.07, 6.45) is 0.133. The van der Waals surface area contributed by atoms with E-state index in [0.29, 0.717) is 21.2 Å². The van der Waals surface area contributed by atoms with Crippen LogP contribution in [-0.4, -0.2) is 5.78 Å².